The van der Waals surface area contributed by atoms with Crippen molar-refractivity contribution < 1.29 is 37.0 Å². The Morgan fingerprint density at radius 2 is 1.91 bits per heavy atom. The Balaban J connectivity index is 1.56. The molecule has 2 atom stereocenters. The van der Waals surface area contributed by atoms with E-state index >= 15 is 0 Å². The molecule has 0 amide bonds. The first-order valence-electron chi connectivity index (χ1n) is 11.6. The van der Waals surface area contributed by atoms with Crippen LogP contribution < -0.4 is 0 Å². The van der Waals surface area contributed by atoms with Crippen LogP contribution in [0.2, 0.25) is 0 Å². The van der Waals surface area contributed by atoms with Crippen molar-refractivity contribution >= 4 is 5.97 Å². The number of aromatic nitrogens is 1. The molecule has 2 unspecified atom stereocenters. The third-order valence-electron chi connectivity index (χ3n) is 6.21. The van der Waals surface area contributed by atoms with Crippen LogP contribution in [0, 0.1) is 11.8 Å². The van der Waals surface area contributed by atoms with Gasteiger partial charge in [-0.05, 0) is 63.1 Å². The molecule has 6 nitrogen and oxygen atoms in total. The Morgan fingerprint density at radius 3 is 2.56 bits per heavy atom. The van der Waals surface area contributed by atoms with E-state index in [9.17, 15) is 23.1 Å². The molecule has 0 saturated heterocycles. The van der Waals surface area contributed by atoms with E-state index in [-0.39, 0.29) is 24.0 Å². The van der Waals surface area contributed by atoms with Gasteiger partial charge in [0.1, 0.15) is 11.5 Å². The molecule has 9 heteroatoms. The number of halogens is 3. The van der Waals surface area contributed by atoms with Gasteiger partial charge in [-0.25, -0.2) is 9.78 Å². The van der Waals surface area contributed by atoms with E-state index in [0.717, 1.165) is 37.8 Å². The third-order valence-corrected chi connectivity index (χ3v) is 6.21. The van der Waals surface area contributed by atoms with E-state index in [4.69, 9.17) is 13.9 Å². The number of hydrogen-bond acceptors (Lipinski definition) is 5. The van der Waals surface area contributed by atoms with E-state index in [0.29, 0.717) is 37.0 Å². The number of hydrogen-bond donors (Lipinski definition) is 1. The number of benzene rings is 1. The Hall–Kier alpha value is -2.39. The summed E-state index contributed by atoms with van der Waals surface area (Å²) in [6.07, 6.45) is 0.0505. The molecule has 1 aromatic heterocycles. The topological polar surface area (TPSA) is 81.8 Å². The SMILES string of the molecule is CCc1oc(-c2cccc(C(F)(F)F)c2)nc1COCC1CCCC(COC(C)(C)C(=O)O)C1. The predicted molar refractivity (Wildman–Crippen MR) is 119 cm³/mol. The van der Waals surface area contributed by atoms with Gasteiger partial charge in [-0.1, -0.05) is 19.4 Å². The standard InChI is InChI=1S/C25H32F3NO5/c1-4-21-20(29-22(34-21)18-9-6-10-19(12-18)25(26,27)28)15-32-13-16-7-5-8-17(11-16)14-33-24(2,3)23(30)31/h6,9-10,12,16-17H,4-5,7-8,11,13-15H2,1-3H3,(H,30,31). The molecule has 0 bridgehead atoms. The van der Waals surface area contributed by atoms with Crippen LogP contribution in [-0.2, 0) is 33.5 Å². The lowest BCUT2D eigenvalue weighted by molar-refractivity contribution is -0.163. The molecule has 1 fully saturated rings. The van der Waals surface area contributed by atoms with E-state index < -0.39 is 23.3 Å². The molecule has 1 aliphatic rings. The van der Waals surface area contributed by atoms with E-state index in [1.807, 2.05) is 6.92 Å². The number of oxazole rings is 1. The van der Waals surface area contributed by atoms with Gasteiger partial charge in [-0.15, -0.1) is 0 Å². The van der Waals surface area contributed by atoms with Crippen LogP contribution in [-0.4, -0.2) is 34.9 Å². The normalized spacial score (nSPS) is 19.4. The average molecular weight is 484 g/mol. The summed E-state index contributed by atoms with van der Waals surface area (Å²) in [6, 6.07) is 4.93. The van der Waals surface area contributed by atoms with Crippen molar-refractivity contribution in [2.75, 3.05) is 13.2 Å². The molecule has 1 aromatic carbocycles. The summed E-state index contributed by atoms with van der Waals surface area (Å²) >= 11 is 0. The van der Waals surface area contributed by atoms with E-state index in [1.54, 1.807) is 19.9 Å². The summed E-state index contributed by atoms with van der Waals surface area (Å²) in [5.74, 6) is 0.379. The average Bonchev–Trinajstić information content (AvgIpc) is 3.21. The highest BCUT2D eigenvalue weighted by Gasteiger charge is 2.32. The first kappa shape index (κ1) is 26.2. The van der Waals surface area contributed by atoms with Gasteiger partial charge in [0.15, 0.2) is 5.60 Å². The summed E-state index contributed by atoms with van der Waals surface area (Å²) in [7, 11) is 0. The maximum Gasteiger partial charge on any atom is 0.416 e. The molecule has 0 radical (unpaired) electrons. The Kier molecular flexibility index (Phi) is 8.41. The number of carboxylic acid groups (broad SMARTS) is 1. The molecule has 1 saturated carbocycles. The number of aryl methyl sites for hydroxylation is 1. The second-order valence-corrected chi connectivity index (χ2v) is 9.36. The fourth-order valence-corrected chi connectivity index (χ4v) is 4.14. The number of alkyl halides is 3. The van der Waals surface area contributed by atoms with Crippen LogP contribution in [0.5, 0.6) is 0 Å². The molecule has 0 spiro atoms. The van der Waals surface area contributed by atoms with Crippen LogP contribution >= 0.6 is 0 Å². The smallest absolute Gasteiger partial charge is 0.416 e. The zero-order chi connectivity index (χ0) is 24.9. The van der Waals surface area contributed by atoms with Crippen molar-refractivity contribution in [3.05, 3.63) is 41.3 Å². The monoisotopic (exact) mass is 483 g/mol. The number of carbonyl (C=O) groups is 1. The molecule has 188 valence electrons. The van der Waals surface area contributed by atoms with Crippen LogP contribution in [0.4, 0.5) is 13.2 Å². The van der Waals surface area contributed by atoms with Gasteiger partial charge >= 0.3 is 12.1 Å². The number of rotatable bonds is 10. The zero-order valence-electron chi connectivity index (χ0n) is 19.8. The lowest BCUT2D eigenvalue weighted by Gasteiger charge is -2.31. The molecule has 3 rings (SSSR count). The first-order valence-corrected chi connectivity index (χ1v) is 11.6. The molecule has 2 aromatic rings. The minimum absolute atomic E-state index is 0.150. The predicted octanol–water partition coefficient (Wildman–Crippen LogP) is 6.13. The fourth-order valence-electron chi connectivity index (χ4n) is 4.14. The van der Waals surface area contributed by atoms with Gasteiger partial charge in [0.05, 0.1) is 18.8 Å². The number of nitrogens with zero attached hydrogens (tertiary/aromatic N) is 1. The largest absolute Gasteiger partial charge is 0.479 e. The van der Waals surface area contributed by atoms with Gasteiger partial charge in [-0.2, -0.15) is 13.2 Å². The second kappa shape index (κ2) is 10.9. The van der Waals surface area contributed by atoms with Crippen LogP contribution in [0.1, 0.15) is 63.5 Å². The lowest BCUT2D eigenvalue weighted by Crippen LogP contribution is -2.37. The third kappa shape index (κ3) is 6.82. The summed E-state index contributed by atoms with van der Waals surface area (Å²) < 4.78 is 56.4. The molecule has 34 heavy (non-hydrogen) atoms. The fraction of sp³-hybridized carbons (Fsp3) is 0.600. The number of ether oxygens (including phenoxy) is 2. The van der Waals surface area contributed by atoms with Crippen molar-refractivity contribution in [3.8, 4) is 11.5 Å². The number of aliphatic carboxylic acids is 1. The van der Waals surface area contributed by atoms with Gasteiger partial charge in [-0.3, -0.25) is 0 Å². The minimum atomic E-state index is -4.44. The Morgan fingerprint density at radius 1 is 1.21 bits per heavy atom. The maximum absolute atomic E-state index is 13.0. The van der Waals surface area contributed by atoms with Crippen molar-refractivity contribution in [1.82, 2.24) is 4.98 Å². The van der Waals surface area contributed by atoms with Crippen molar-refractivity contribution in [2.45, 2.75) is 71.3 Å². The van der Waals surface area contributed by atoms with Crippen molar-refractivity contribution in [1.29, 1.82) is 0 Å². The van der Waals surface area contributed by atoms with Crippen LogP contribution in [0.3, 0.4) is 0 Å². The van der Waals surface area contributed by atoms with Gasteiger partial charge in [0, 0.05) is 18.6 Å². The Labute approximate surface area is 197 Å². The first-order chi connectivity index (χ1) is 16.0. The Bertz CT molecular complexity index is 970. The van der Waals surface area contributed by atoms with Gasteiger partial charge < -0.3 is 19.0 Å². The van der Waals surface area contributed by atoms with E-state index in [1.165, 1.54) is 6.07 Å². The maximum atomic E-state index is 13.0. The molecule has 1 aliphatic carbocycles. The summed E-state index contributed by atoms with van der Waals surface area (Å²) in [6.45, 7) is 6.14. The molecular weight excluding hydrogens is 451 g/mol. The summed E-state index contributed by atoms with van der Waals surface area (Å²) in [4.78, 5) is 15.6. The highest BCUT2D eigenvalue weighted by atomic mass is 19.4. The number of carboxylic acids is 1. The quantitative estimate of drug-likeness (QED) is 0.438. The van der Waals surface area contributed by atoms with Gasteiger partial charge in [0.2, 0.25) is 5.89 Å². The minimum Gasteiger partial charge on any atom is -0.479 e. The zero-order valence-corrected chi connectivity index (χ0v) is 19.8. The summed E-state index contributed by atoms with van der Waals surface area (Å²) in [5.41, 5.74) is -1.09. The molecule has 1 N–H and O–H groups in total. The van der Waals surface area contributed by atoms with Crippen LogP contribution in [0.25, 0.3) is 11.5 Å². The van der Waals surface area contributed by atoms with Crippen molar-refractivity contribution in [3.63, 3.8) is 0 Å². The molecule has 0 aliphatic heterocycles. The highest BCUT2D eigenvalue weighted by Crippen LogP contribution is 2.33. The van der Waals surface area contributed by atoms with E-state index in [2.05, 4.69) is 4.98 Å². The van der Waals surface area contributed by atoms with Crippen molar-refractivity contribution in [2.24, 2.45) is 11.8 Å². The van der Waals surface area contributed by atoms with Gasteiger partial charge in [0.25, 0.3) is 0 Å². The molecular formula is C25H32F3NO5. The second-order valence-electron chi connectivity index (χ2n) is 9.36. The molecule has 1 heterocycles. The summed E-state index contributed by atoms with van der Waals surface area (Å²) in [5, 5.41) is 9.20. The lowest BCUT2D eigenvalue weighted by atomic mass is 9.82. The van der Waals surface area contributed by atoms with Crippen LogP contribution in [0.15, 0.2) is 28.7 Å². The highest BCUT2D eigenvalue weighted by molar-refractivity contribution is 5.76.